The minimum absolute atomic E-state index is 0.0642. The molecule has 0 unspecified atom stereocenters. The number of carbonyl (C=O) groups excluding carboxylic acids is 1. The molecule has 1 saturated heterocycles. The van der Waals surface area contributed by atoms with Crippen LogP contribution >= 0.6 is 0 Å². The second-order valence-corrected chi connectivity index (χ2v) is 3.88. The summed E-state index contributed by atoms with van der Waals surface area (Å²) in [5.74, 6) is -0.679. The summed E-state index contributed by atoms with van der Waals surface area (Å²) in [6.45, 7) is 6.19. The number of hydrogen-bond acceptors (Lipinski definition) is 3. The summed E-state index contributed by atoms with van der Waals surface area (Å²) in [4.78, 5) is 25.8. The van der Waals surface area contributed by atoms with Crippen molar-refractivity contribution in [1.82, 2.24) is 9.80 Å². The van der Waals surface area contributed by atoms with Crippen molar-refractivity contribution in [2.24, 2.45) is 0 Å². The van der Waals surface area contributed by atoms with Gasteiger partial charge in [-0.3, -0.25) is 14.5 Å². The number of rotatable bonds is 5. The lowest BCUT2D eigenvalue weighted by atomic mass is 10.2. The van der Waals surface area contributed by atoms with E-state index in [4.69, 9.17) is 5.11 Å². The van der Waals surface area contributed by atoms with Crippen LogP contribution in [0, 0.1) is 0 Å². The van der Waals surface area contributed by atoms with E-state index in [0.717, 1.165) is 0 Å². The molecule has 1 heterocycles. The van der Waals surface area contributed by atoms with E-state index in [0.29, 0.717) is 39.0 Å². The number of hydrogen-bond donors (Lipinski definition) is 1. The third-order valence-electron chi connectivity index (χ3n) is 2.65. The van der Waals surface area contributed by atoms with Gasteiger partial charge in [0.25, 0.3) is 0 Å². The van der Waals surface area contributed by atoms with Crippen molar-refractivity contribution in [3.63, 3.8) is 0 Å². The van der Waals surface area contributed by atoms with E-state index in [9.17, 15) is 9.59 Å². The highest BCUT2D eigenvalue weighted by Crippen LogP contribution is 2.05. The summed E-state index contributed by atoms with van der Waals surface area (Å²) >= 11 is 0. The van der Waals surface area contributed by atoms with Gasteiger partial charge in [0.2, 0.25) is 5.91 Å². The third kappa shape index (κ3) is 4.02. The maximum absolute atomic E-state index is 11.6. The molecule has 90 valence electrons. The second-order valence-electron chi connectivity index (χ2n) is 3.88. The molecule has 5 nitrogen and oxygen atoms in total. The first kappa shape index (κ1) is 12.7. The number of allylic oxidation sites excluding steroid dienone is 1. The summed E-state index contributed by atoms with van der Waals surface area (Å²) in [5, 5.41) is 8.62. The topological polar surface area (TPSA) is 60.9 Å². The molecule has 0 atom stereocenters. The molecule has 16 heavy (non-hydrogen) atoms. The van der Waals surface area contributed by atoms with Gasteiger partial charge in [-0.25, -0.2) is 0 Å². The molecule has 1 aliphatic heterocycles. The molecule has 0 aromatic carbocycles. The van der Waals surface area contributed by atoms with Crippen LogP contribution in [0.15, 0.2) is 12.7 Å². The van der Waals surface area contributed by atoms with Crippen LogP contribution in [0.2, 0.25) is 0 Å². The fourth-order valence-electron chi connectivity index (χ4n) is 1.73. The van der Waals surface area contributed by atoms with Gasteiger partial charge in [0.05, 0.1) is 6.54 Å². The summed E-state index contributed by atoms with van der Waals surface area (Å²) < 4.78 is 0. The number of aliphatic carboxylic acids is 1. The number of carboxylic acids is 1. The predicted molar refractivity (Wildman–Crippen MR) is 60.1 cm³/mol. The zero-order valence-electron chi connectivity index (χ0n) is 9.39. The smallest absolute Gasteiger partial charge is 0.317 e. The van der Waals surface area contributed by atoms with E-state index < -0.39 is 5.97 Å². The zero-order chi connectivity index (χ0) is 12.0. The first-order valence-corrected chi connectivity index (χ1v) is 5.46. The van der Waals surface area contributed by atoms with Gasteiger partial charge in [-0.05, 0) is 6.42 Å². The summed E-state index contributed by atoms with van der Waals surface area (Å²) in [6, 6.07) is 0. The Hall–Kier alpha value is -1.36. The van der Waals surface area contributed by atoms with E-state index in [-0.39, 0.29) is 12.5 Å². The number of amides is 1. The molecule has 0 bridgehead atoms. The highest BCUT2D eigenvalue weighted by Gasteiger charge is 2.21. The van der Waals surface area contributed by atoms with Crippen molar-refractivity contribution in [3.8, 4) is 0 Å². The Morgan fingerprint density at radius 2 is 1.88 bits per heavy atom. The molecule has 5 heteroatoms. The van der Waals surface area contributed by atoms with Gasteiger partial charge in [-0.2, -0.15) is 0 Å². The SMILES string of the molecule is C=CCCC(=O)N1CCN(CC(=O)O)CC1. The van der Waals surface area contributed by atoms with Crippen LogP contribution in [0.1, 0.15) is 12.8 Å². The maximum Gasteiger partial charge on any atom is 0.317 e. The summed E-state index contributed by atoms with van der Waals surface area (Å²) in [5.41, 5.74) is 0. The minimum Gasteiger partial charge on any atom is -0.480 e. The fraction of sp³-hybridized carbons (Fsp3) is 0.636. The molecule has 1 N–H and O–H groups in total. The lowest BCUT2D eigenvalue weighted by Crippen LogP contribution is -2.49. The fourth-order valence-corrected chi connectivity index (χ4v) is 1.73. The second kappa shape index (κ2) is 6.27. The van der Waals surface area contributed by atoms with Crippen molar-refractivity contribution in [2.75, 3.05) is 32.7 Å². The molecule has 1 aliphatic rings. The molecule has 0 aliphatic carbocycles. The Morgan fingerprint density at radius 1 is 1.25 bits per heavy atom. The highest BCUT2D eigenvalue weighted by atomic mass is 16.4. The lowest BCUT2D eigenvalue weighted by Gasteiger charge is -2.33. The van der Waals surface area contributed by atoms with Crippen LogP contribution in [0.4, 0.5) is 0 Å². The average Bonchev–Trinajstić information content (AvgIpc) is 2.26. The molecular weight excluding hydrogens is 208 g/mol. The van der Waals surface area contributed by atoms with Crippen molar-refractivity contribution >= 4 is 11.9 Å². The van der Waals surface area contributed by atoms with Crippen molar-refractivity contribution < 1.29 is 14.7 Å². The molecule has 0 radical (unpaired) electrons. The van der Waals surface area contributed by atoms with Gasteiger partial charge in [0.1, 0.15) is 0 Å². The Balaban J connectivity index is 2.28. The third-order valence-corrected chi connectivity index (χ3v) is 2.65. The molecule has 1 amide bonds. The molecule has 0 spiro atoms. The standard InChI is InChI=1S/C11H18N2O3/c1-2-3-4-10(14)13-7-5-12(6-8-13)9-11(15)16/h2H,1,3-9H2,(H,15,16). The minimum atomic E-state index is -0.813. The predicted octanol–water partition coefficient (Wildman–Crippen LogP) is 0.181. The van der Waals surface area contributed by atoms with Gasteiger partial charge < -0.3 is 10.0 Å². The van der Waals surface area contributed by atoms with Crippen LogP contribution in [-0.2, 0) is 9.59 Å². The molecule has 0 aromatic heterocycles. The number of carboxylic acid groups (broad SMARTS) is 1. The van der Waals surface area contributed by atoms with Gasteiger partial charge in [0.15, 0.2) is 0 Å². The van der Waals surface area contributed by atoms with Gasteiger partial charge in [-0.1, -0.05) is 6.08 Å². The molecular formula is C11H18N2O3. The van der Waals surface area contributed by atoms with Crippen LogP contribution in [0.5, 0.6) is 0 Å². The lowest BCUT2D eigenvalue weighted by molar-refractivity contribution is -0.139. The van der Waals surface area contributed by atoms with Gasteiger partial charge >= 0.3 is 5.97 Å². The van der Waals surface area contributed by atoms with Crippen LogP contribution in [0.25, 0.3) is 0 Å². The summed E-state index contributed by atoms with van der Waals surface area (Å²) in [7, 11) is 0. The number of nitrogens with zero attached hydrogens (tertiary/aromatic N) is 2. The molecule has 1 fully saturated rings. The molecule has 0 saturated carbocycles. The van der Waals surface area contributed by atoms with E-state index in [1.807, 2.05) is 4.90 Å². The zero-order valence-corrected chi connectivity index (χ0v) is 9.39. The largest absolute Gasteiger partial charge is 0.480 e. The Bertz CT molecular complexity index is 270. The van der Waals surface area contributed by atoms with E-state index >= 15 is 0 Å². The first-order chi connectivity index (χ1) is 7.63. The van der Waals surface area contributed by atoms with E-state index in [1.165, 1.54) is 0 Å². The number of carbonyl (C=O) groups is 2. The molecule has 1 rings (SSSR count). The molecule has 0 aromatic rings. The van der Waals surface area contributed by atoms with E-state index in [2.05, 4.69) is 6.58 Å². The highest BCUT2D eigenvalue weighted by molar-refractivity contribution is 5.76. The average molecular weight is 226 g/mol. The maximum atomic E-state index is 11.6. The Kier molecular flexibility index (Phi) is 4.98. The van der Waals surface area contributed by atoms with Gasteiger partial charge in [0, 0.05) is 32.6 Å². The normalized spacial score (nSPS) is 17.1. The Labute approximate surface area is 95.3 Å². The monoisotopic (exact) mass is 226 g/mol. The Morgan fingerprint density at radius 3 is 2.38 bits per heavy atom. The van der Waals surface area contributed by atoms with Crippen molar-refractivity contribution in [2.45, 2.75) is 12.8 Å². The van der Waals surface area contributed by atoms with E-state index in [1.54, 1.807) is 11.0 Å². The van der Waals surface area contributed by atoms with Crippen molar-refractivity contribution in [1.29, 1.82) is 0 Å². The quantitative estimate of drug-likeness (QED) is 0.679. The number of piperazine rings is 1. The van der Waals surface area contributed by atoms with Crippen LogP contribution in [0.3, 0.4) is 0 Å². The summed E-state index contributed by atoms with van der Waals surface area (Å²) in [6.07, 6.45) is 2.94. The first-order valence-electron chi connectivity index (χ1n) is 5.46. The van der Waals surface area contributed by atoms with Crippen LogP contribution < -0.4 is 0 Å². The van der Waals surface area contributed by atoms with Crippen LogP contribution in [-0.4, -0.2) is 59.5 Å². The van der Waals surface area contributed by atoms with Crippen molar-refractivity contribution in [3.05, 3.63) is 12.7 Å². The van der Waals surface area contributed by atoms with Gasteiger partial charge in [-0.15, -0.1) is 6.58 Å².